The zero-order chi connectivity index (χ0) is 29.0. The van der Waals surface area contributed by atoms with E-state index < -0.39 is 0 Å². The summed E-state index contributed by atoms with van der Waals surface area (Å²) in [5, 5.41) is 8.78. The fourth-order valence-electron chi connectivity index (χ4n) is 6.66. The number of hydrogen-bond acceptors (Lipinski definition) is 3. The predicted molar refractivity (Wildman–Crippen MR) is 188 cm³/mol. The van der Waals surface area contributed by atoms with Crippen LogP contribution < -0.4 is 5.32 Å². The third kappa shape index (κ3) is 3.92. The first-order valence-electron chi connectivity index (χ1n) is 14.9. The van der Waals surface area contributed by atoms with Crippen LogP contribution in [0.4, 0.5) is 0 Å². The van der Waals surface area contributed by atoms with Crippen LogP contribution >= 0.6 is 11.3 Å². The second-order valence-electron chi connectivity index (χ2n) is 11.2. The van der Waals surface area contributed by atoms with Crippen LogP contribution in [0.1, 0.15) is 16.7 Å². The third-order valence-electron chi connectivity index (χ3n) is 8.66. The molecule has 4 heteroatoms. The minimum absolute atomic E-state index is 0.678. The number of benzene rings is 6. The van der Waals surface area contributed by atoms with Gasteiger partial charge in [0, 0.05) is 65.4 Å². The molecule has 0 spiro atoms. The predicted octanol–water partition coefficient (Wildman–Crippen LogP) is 10.1. The Labute approximate surface area is 259 Å². The lowest BCUT2D eigenvalue weighted by Gasteiger charge is -2.23. The van der Waals surface area contributed by atoms with Crippen molar-refractivity contribution in [2.45, 2.75) is 0 Å². The van der Waals surface area contributed by atoms with Gasteiger partial charge in [0.1, 0.15) is 5.84 Å². The molecule has 8 aromatic rings. The van der Waals surface area contributed by atoms with E-state index >= 15 is 0 Å². The number of amidine groups is 1. The van der Waals surface area contributed by atoms with Crippen molar-refractivity contribution in [3.05, 3.63) is 162 Å². The Morgan fingerprint density at radius 2 is 1.16 bits per heavy atom. The highest BCUT2D eigenvalue weighted by Gasteiger charge is 2.23. The molecule has 1 N–H and O–H groups in total. The SMILES string of the molecule is c1ccc(C2=NC(c3ccccc3)=C(c3cc(-n4c5ccccc5c5ccccc54)cc4c3sc3ccccc34)CN2)cc1. The summed E-state index contributed by atoms with van der Waals surface area (Å²) in [6.45, 7) is 0.678. The third-order valence-corrected chi connectivity index (χ3v) is 9.88. The summed E-state index contributed by atoms with van der Waals surface area (Å²) in [6, 6.07) is 52.0. The highest BCUT2D eigenvalue weighted by molar-refractivity contribution is 7.26. The Kier molecular flexibility index (Phi) is 5.75. The van der Waals surface area contributed by atoms with Crippen LogP contribution in [0.15, 0.2) is 151 Å². The van der Waals surface area contributed by atoms with E-state index in [9.17, 15) is 0 Å². The van der Waals surface area contributed by atoms with Gasteiger partial charge in [-0.1, -0.05) is 115 Å². The lowest BCUT2D eigenvalue weighted by atomic mass is 9.95. The van der Waals surface area contributed by atoms with Crippen molar-refractivity contribution in [3.8, 4) is 5.69 Å². The van der Waals surface area contributed by atoms with Crippen molar-refractivity contribution in [3.63, 3.8) is 0 Å². The van der Waals surface area contributed by atoms with E-state index in [0.29, 0.717) is 6.54 Å². The number of aliphatic imine (C=N–C) groups is 1. The van der Waals surface area contributed by atoms with E-state index in [1.807, 2.05) is 17.4 Å². The van der Waals surface area contributed by atoms with Crippen LogP contribution in [0.25, 0.3) is 58.9 Å². The molecule has 0 fully saturated rings. The topological polar surface area (TPSA) is 29.3 Å². The number of thiophene rings is 1. The van der Waals surface area contributed by atoms with Gasteiger partial charge in [0.25, 0.3) is 0 Å². The molecule has 0 saturated heterocycles. The minimum atomic E-state index is 0.678. The first-order valence-corrected chi connectivity index (χ1v) is 15.8. The van der Waals surface area contributed by atoms with Gasteiger partial charge < -0.3 is 9.88 Å². The Bertz CT molecular complexity index is 2380. The van der Waals surface area contributed by atoms with E-state index in [1.54, 1.807) is 0 Å². The quantitative estimate of drug-likeness (QED) is 0.220. The first-order chi connectivity index (χ1) is 21.8. The molecule has 0 bridgehead atoms. The van der Waals surface area contributed by atoms with Gasteiger partial charge in [-0.05, 0) is 30.3 Å². The fraction of sp³-hybridized carbons (Fsp3) is 0.0250. The highest BCUT2D eigenvalue weighted by atomic mass is 32.1. The van der Waals surface area contributed by atoms with E-state index in [4.69, 9.17) is 4.99 Å². The summed E-state index contributed by atoms with van der Waals surface area (Å²) in [5.41, 5.74) is 9.23. The molecular weight excluding hydrogens is 555 g/mol. The van der Waals surface area contributed by atoms with Gasteiger partial charge in [0.15, 0.2) is 0 Å². The van der Waals surface area contributed by atoms with Crippen LogP contribution in [0.5, 0.6) is 0 Å². The van der Waals surface area contributed by atoms with Gasteiger partial charge in [-0.3, -0.25) is 0 Å². The molecule has 0 aliphatic carbocycles. The normalized spacial score (nSPS) is 13.6. The maximum Gasteiger partial charge on any atom is 0.134 e. The zero-order valence-corrected chi connectivity index (χ0v) is 24.7. The highest BCUT2D eigenvalue weighted by Crippen LogP contribution is 2.43. The lowest BCUT2D eigenvalue weighted by Crippen LogP contribution is -2.30. The Balaban J connectivity index is 1.39. The first kappa shape index (κ1) is 25.1. The Morgan fingerprint density at radius 1 is 0.568 bits per heavy atom. The van der Waals surface area contributed by atoms with Crippen molar-refractivity contribution < 1.29 is 0 Å². The number of para-hydroxylation sites is 2. The van der Waals surface area contributed by atoms with Gasteiger partial charge in [0.2, 0.25) is 0 Å². The van der Waals surface area contributed by atoms with Gasteiger partial charge in [-0.15, -0.1) is 11.3 Å². The molecule has 44 heavy (non-hydrogen) atoms. The molecule has 1 aliphatic heterocycles. The molecule has 0 unspecified atom stereocenters. The number of nitrogens with one attached hydrogen (secondary N) is 1. The van der Waals surface area contributed by atoms with Crippen molar-refractivity contribution in [1.29, 1.82) is 0 Å². The van der Waals surface area contributed by atoms with Crippen LogP contribution in [-0.4, -0.2) is 16.9 Å². The summed E-state index contributed by atoms with van der Waals surface area (Å²) >= 11 is 1.87. The molecular formula is C40H27N3S. The average Bonchev–Trinajstić information content (AvgIpc) is 3.64. The summed E-state index contributed by atoms with van der Waals surface area (Å²) in [4.78, 5) is 5.32. The molecule has 3 heterocycles. The maximum atomic E-state index is 5.32. The number of fused-ring (bicyclic) bond motifs is 6. The molecule has 0 radical (unpaired) electrons. The molecule has 6 aromatic carbocycles. The number of aromatic nitrogens is 1. The summed E-state index contributed by atoms with van der Waals surface area (Å²) in [5.74, 6) is 0.902. The number of nitrogens with zero attached hydrogens (tertiary/aromatic N) is 2. The van der Waals surface area contributed by atoms with Crippen LogP contribution in [0, 0.1) is 0 Å². The largest absolute Gasteiger partial charge is 0.365 e. The second kappa shape index (κ2) is 10.1. The smallest absolute Gasteiger partial charge is 0.134 e. The van der Waals surface area contributed by atoms with Gasteiger partial charge >= 0.3 is 0 Å². The Hall–Kier alpha value is -5.45. The fourth-order valence-corrected chi connectivity index (χ4v) is 7.89. The zero-order valence-electron chi connectivity index (χ0n) is 23.9. The standard InChI is InChI=1S/C40H27N3S/c1-3-13-26(14-4-1)38-34(25-41-40(42-38)27-15-5-2-6-16-27)33-24-28(23-32-31-19-9-12-22-37(31)44-39(32)33)43-35-20-10-7-17-29(35)30-18-8-11-21-36(30)43/h1-24H,25H2,(H,41,42). The lowest BCUT2D eigenvalue weighted by molar-refractivity contribution is 1.03. The van der Waals surface area contributed by atoms with Gasteiger partial charge in [-0.25, -0.2) is 4.99 Å². The number of hydrogen-bond donors (Lipinski definition) is 1. The summed E-state index contributed by atoms with van der Waals surface area (Å²) < 4.78 is 5.01. The molecule has 208 valence electrons. The minimum Gasteiger partial charge on any atom is -0.365 e. The Morgan fingerprint density at radius 3 is 1.86 bits per heavy atom. The van der Waals surface area contributed by atoms with Crippen molar-refractivity contribution >= 4 is 70.4 Å². The summed E-state index contributed by atoms with van der Waals surface area (Å²) in [7, 11) is 0. The number of rotatable bonds is 4. The second-order valence-corrected chi connectivity index (χ2v) is 12.3. The van der Waals surface area contributed by atoms with Crippen LogP contribution in [0.3, 0.4) is 0 Å². The van der Waals surface area contributed by atoms with E-state index in [0.717, 1.165) is 28.3 Å². The molecule has 2 aromatic heterocycles. The average molecular weight is 582 g/mol. The molecule has 3 nitrogen and oxygen atoms in total. The van der Waals surface area contributed by atoms with Gasteiger partial charge in [0.05, 0.1) is 16.7 Å². The molecule has 0 saturated carbocycles. The van der Waals surface area contributed by atoms with E-state index in [2.05, 4.69) is 149 Å². The van der Waals surface area contributed by atoms with Crippen LogP contribution in [0.2, 0.25) is 0 Å². The van der Waals surface area contributed by atoms with E-state index in [-0.39, 0.29) is 0 Å². The van der Waals surface area contributed by atoms with Crippen molar-refractivity contribution in [2.75, 3.05) is 6.54 Å². The molecule has 0 atom stereocenters. The van der Waals surface area contributed by atoms with Crippen molar-refractivity contribution in [1.82, 2.24) is 9.88 Å². The van der Waals surface area contributed by atoms with Gasteiger partial charge in [-0.2, -0.15) is 0 Å². The summed E-state index contributed by atoms with van der Waals surface area (Å²) in [6.07, 6.45) is 0. The molecule has 0 amide bonds. The molecule has 9 rings (SSSR count). The maximum absolute atomic E-state index is 5.32. The van der Waals surface area contributed by atoms with Crippen LogP contribution in [-0.2, 0) is 0 Å². The van der Waals surface area contributed by atoms with E-state index in [1.165, 1.54) is 53.1 Å². The molecule has 1 aliphatic rings. The monoisotopic (exact) mass is 581 g/mol. The van der Waals surface area contributed by atoms with Crippen molar-refractivity contribution in [2.24, 2.45) is 4.99 Å².